The van der Waals surface area contributed by atoms with Gasteiger partial charge in [0.15, 0.2) is 0 Å². The van der Waals surface area contributed by atoms with E-state index in [1.807, 2.05) is 61.5 Å². The van der Waals surface area contributed by atoms with Gasteiger partial charge in [-0.3, -0.25) is 9.78 Å². The molecule has 9 nitrogen and oxygen atoms in total. The van der Waals surface area contributed by atoms with Crippen molar-refractivity contribution in [2.45, 2.75) is 13.3 Å². The second kappa shape index (κ2) is 14.9. The first kappa shape index (κ1) is 30.3. The van der Waals surface area contributed by atoms with Crippen LogP contribution in [0.2, 0.25) is 0 Å². The van der Waals surface area contributed by atoms with Crippen LogP contribution >= 0.6 is 15.9 Å². The van der Waals surface area contributed by atoms with E-state index in [-0.39, 0.29) is 5.91 Å². The minimum atomic E-state index is -0.241. The molecule has 10 heteroatoms. The van der Waals surface area contributed by atoms with Crippen LogP contribution in [0.15, 0.2) is 83.7 Å². The molecule has 1 aliphatic rings. The number of pyridine rings is 1. The van der Waals surface area contributed by atoms with E-state index in [0.717, 1.165) is 77.4 Å². The van der Waals surface area contributed by atoms with Crippen molar-refractivity contribution in [1.82, 2.24) is 24.8 Å². The van der Waals surface area contributed by atoms with Gasteiger partial charge in [0.2, 0.25) is 11.9 Å². The number of nitrogens with one attached hydrogen (secondary N) is 2. The number of piperazine rings is 1. The summed E-state index contributed by atoms with van der Waals surface area (Å²) in [5.41, 5.74) is 4.98. The molecule has 43 heavy (non-hydrogen) atoms. The molecule has 1 aliphatic heterocycles. The zero-order chi connectivity index (χ0) is 30.0. The fourth-order valence-corrected chi connectivity index (χ4v) is 5.07. The fourth-order valence-electron chi connectivity index (χ4n) is 4.69. The van der Waals surface area contributed by atoms with Crippen molar-refractivity contribution in [2.24, 2.45) is 0 Å². The Labute approximate surface area is 261 Å². The van der Waals surface area contributed by atoms with E-state index in [1.165, 1.54) is 6.08 Å². The molecular weight excluding hydrogens is 606 g/mol. The molecule has 1 saturated heterocycles. The van der Waals surface area contributed by atoms with Gasteiger partial charge in [0.05, 0.1) is 12.3 Å². The Hall–Kier alpha value is -4.12. The van der Waals surface area contributed by atoms with Crippen molar-refractivity contribution in [1.29, 1.82) is 0 Å². The summed E-state index contributed by atoms with van der Waals surface area (Å²) in [6.07, 6.45) is 9.47. The quantitative estimate of drug-likeness (QED) is 0.152. The second-order valence-corrected chi connectivity index (χ2v) is 11.4. The van der Waals surface area contributed by atoms with Crippen molar-refractivity contribution in [3.05, 3.63) is 94.9 Å². The number of nitrogens with zero attached hydrogens (tertiary/aromatic N) is 5. The smallest absolute Gasteiger partial charge is 0.248 e. The van der Waals surface area contributed by atoms with Crippen molar-refractivity contribution >= 4 is 45.2 Å². The Morgan fingerprint density at radius 3 is 2.74 bits per heavy atom. The van der Waals surface area contributed by atoms with Gasteiger partial charge in [-0.25, -0.2) is 9.97 Å². The number of amides is 1. The Kier molecular flexibility index (Phi) is 10.5. The molecule has 1 fully saturated rings. The lowest BCUT2D eigenvalue weighted by Gasteiger charge is -2.32. The summed E-state index contributed by atoms with van der Waals surface area (Å²) in [7, 11) is 2.17. The predicted molar refractivity (Wildman–Crippen MR) is 176 cm³/mol. The third-order valence-electron chi connectivity index (χ3n) is 7.23. The van der Waals surface area contributed by atoms with Crippen LogP contribution in [0.1, 0.15) is 17.5 Å². The van der Waals surface area contributed by atoms with Gasteiger partial charge in [-0.05, 0) is 86.1 Å². The van der Waals surface area contributed by atoms with Gasteiger partial charge in [-0.2, -0.15) is 0 Å². The van der Waals surface area contributed by atoms with Gasteiger partial charge in [-0.15, -0.1) is 0 Å². The maximum Gasteiger partial charge on any atom is 0.248 e. The average Bonchev–Trinajstić information content (AvgIpc) is 3.02. The third kappa shape index (κ3) is 8.93. The first-order valence-electron chi connectivity index (χ1n) is 14.4. The number of anilines is 3. The predicted octanol–water partition coefficient (Wildman–Crippen LogP) is 6.02. The molecule has 0 atom stereocenters. The normalized spacial score (nSPS) is 14.1. The minimum Gasteiger partial charge on any atom is -0.494 e. The second-order valence-electron chi connectivity index (χ2n) is 10.5. The molecule has 0 unspecified atom stereocenters. The molecule has 2 aromatic carbocycles. The van der Waals surface area contributed by atoms with E-state index in [0.29, 0.717) is 18.2 Å². The van der Waals surface area contributed by atoms with E-state index in [4.69, 9.17) is 4.74 Å². The molecule has 0 bridgehead atoms. The van der Waals surface area contributed by atoms with Crippen LogP contribution in [-0.2, 0) is 4.79 Å². The largest absolute Gasteiger partial charge is 0.494 e. The maximum absolute atomic E-state index is 12.8. The van der Waals surface area contributed by atoms with Crippen molar-refractivity contribution < 1.29 is 9.53 Å². The van der Waals surface area contributed by atoms with E-state index in [9.17, 15) is 4.79 Å². The summed E-state index contributed by atoms with van der Waals surface area (Å²) < 4.78 is 6.90. The van der Waals surface area contributed by atoms with Crippen LogP contribution in [0.3, 0.4) is 0 Å². The number of benzene rings is 2. The molecule has 0 spiro atoms. The lowest BCUT2D eigenvalue weighted by molar-refractivity contribution is -0.111. The van der Waals surface area contributed by atoms with Gasteiger partial charge in [0.25, 0.3) is 0 Å². The fraction of sp³-hybridized carbons (Fsp3) is 0.273. The molecule has 2 N–H and O–H groups in total. The van der Waals surface area contributed by atoms with Crippen LogP contribution in [0.25, 0.3) is 17.3 Å². The molecule has 222 valence electrons. The average molecular weight is 643 g/mol. The Morgan fingerprint density at radius 2 is 1.93 bits per heavy atom. The Bertz CT molecular complexity index is 1560. The van der Waals surface area contributed by atoms with Crippen molar-refractivity contribution in [3.63, 3.8) is 0 Å². The van der Waals surface area contributed by atoms with Crippen molar-refractivity contribution in [2.75, 3.05) is 57.0 Å². The van der Waals surface area contributed by atoms with E-state index in [1.54, 1.807) is 24.7 Å². The number of hydrogen-bond acceptors (Lipinski definition) is 8. The Morgan fingerprint density at radius 1 is 1.07 bits per heavy atom. The molecule has 1 amide bonds. The number of halogens is 1. The SMILES string of the molecule is Cc1ccc(NC(=O)/C=C/c2cc(OCCCN3CCN(C)CC3)ccc2Br)cc1Nc1nccc(-c2cccnc2)n1. The topological polar surface area (TPSA) is 95.5 Å². The number of carbonyl (C=O) groups excluding carboxylic acids is 1. The molecule has 0 radical (unpaired) electrons. The summed E-state index contributed by atoms with van der Waals surface area (Å²) in [5.74, 6) is 1.000. The molecule has 0 saturated carbocycles. The zero-order valence-electron chi connectivity index (χ0n) is 24.5. The monoisotopic (exact) mass is 641 g/mol. The van der Waals surface area contributed by atoms with Crippen LogP contribution in [0.4, 0.5) is 17.3 Å². The molecule has 3 heterocycles. The van der Waals surface area contributed by atoms with E-state index < -0.39 is 0 Å². The van der Waals surface area contributed by atoms with Gasteiger partial charge >= 0.3 is 0 Å². The lowest BCUT2D eigenvalue weighted by Crippen LogP contribution is -2.44. The van der Waals surface area contributed by atoms with Gasteiger partial charge in [0.1, 0.15) is 5.75 Å². The number of likely N-dealkylation sites (N-methyl/N-ethyl adjacent to an activating group) is 1. The summed E-state index contributed by atoms with van der Waals surface area (Å²) >= 11 is 3.58. The molecule has 4 aromatic rings. The van der Waals surface area contributed by atoms with Gasteiger partial charge in [0, 0.05) is 78.8 Å². The number of carbonyl (C=O) groups is 1. The Balaban J connectivity index is 1.16. The maximum atomic E-state index is 12.8. The molecule has 0 aliphatic carbocycles. The zero-order valence-corrected chi connectivity index (χ0v) is 26.0. The van der Waals surface area contributed by atoms with Gasteiger partial charge < -0.3 is 25.2 Å². The molecule has 2 aromatic heterocycles. The molecular formula is C33H36BrN7O2. The first-order valence-corrected chi connectivity index (χ1v) is 15.2. The summed E-state index contributed by atoms with van der Waals surface area (Å²) in [6.45, 7) is 8.14. The highest BCUT2D eigenvalue weighted by Gasteiger charge is 2.13. The number of rotatable bonds is 11. The van der Waals surface area contributed by atoms with Crippen LogP contribution < -0.4 is 15.4 Å². The number of ether oxygens (including phenoxy) is 1. The number of aromatic nitrogens is 3. The standard InChI is InChI=1S/C33H36BrN7O2/c1-24-6-8-27(22-31(24)39-33-36-14-12-30(38-33)26-5-3-13-35-23-26)37-32(42)11-7-25-21-28(9-10-29(25)34)43-20-4-15-41-18-16-40(2)17-19-41/h3,5-14,21-23H,4,15-20H2,1-2H3,(H,37,42)(H,36,38,39)/b11-7+. The van der Waals surface area contributed by atoms with Crippen LogP contribution in [0.5, 0.6) is 5.75 Å². The highest BCUT2D eigenvalue weighted by molar-refractivity contribution is 9.10. The summed E-state index contributed by atoms with van der Waals surface area (Å²) in [5, 5.41) is 6.22. The number of hydrogen-bond donors (Lipinski definition) is 2. The van der Waals surface area contributed by atoms with E-state index >= 15 is 0 Å². The van der Waals surface area contributed by atoms with Crippen molar-refractivity contribution in [3.8, 4) is 17.0 Å². The first-order chi connectivity index (χ1) is 20.9. The highest BCUT2D eigenvalue weighted by atomic mass is 79.9. The summed E-state index contributed by atoms with van der Waals surface area (Å²) in [6, 6.07) is 17.2. The van der Waals surface area contributed by atoms with Crippen LogP contribution in [0, 0.1) is 6.92 Å². The number of aryl methyl sites for hydroxylation is 1. The highest BCUT2D eigenvalue weighted by Crippen LogP contribution is 2.26. The minimum absolute atomic E-state index is 0.241. The van der Waals surface area contributed by atoms with Gasteiger partial charge in [-0.1, -0.05) is 22.0 Å². The third-order valence-corrected chi connectivity index (χ3v) is 7.95. The summed E-state index contributed by atoms with van der Waals surface area (Å²) in [4.78, 5) is 30.8. The van der Waals surface area contributed by atoms with E-state index in [2.05, 4.69) is 58.4 Å². The van der Waals surface area contributed by atoms with Crippen LogP contribution in [-0.4, -0.2) is 77.0 Å². The lowest BCUT2D eigenvalue weighted by atomic mass is 10.1. The molecule has 5 rings (SSSR count).